The first-order valence-electron chi connectivity index (χ1n) is 10.9. The molecule has 0 bridgehead atoms. The second-order valence-electron chi connectivity index (χ2n) is 8.08. The first kappa shape index (κ1) is 23.7. The van der Waals surface area contributed by atoms with Gasteiger partial charge in [-0.25, -0.2) is 9.59 Å². The lowest BCUT2D eigenvalue weighted by atomic mass is 9.98. The molecule has 0 fully saturated rings. The predicted octanol–water partition coefficient (Wildman–Crippen LogP) is 6.50. The van der Waals surface area contributed by atoms with Crippen LogP contribution >= 0.6 is 0 Å². The third-order valence-electron chi connectivity index (χ3n) is 5.90. The molecule has 0 aromatic heterocycles. The number of rotatable bonds is 9. The molecule has 0 saturated carbocycles. The quantitative estimate of drug-likeness (QED) is 0.443. The van der Waals surface area contributed by atoms with Crippen LogP contribution in [0.4, 0.5) is 0 Å². The highest BCUT2D eigenvalue weighted by Gasteiger charge is 2.22. The number of benzene rings is 2. The number of ether oxygens (including phenoxy) is 2. The van der Waals surface area contributed by atoms with E-state index in [1.165, 1.54) is 11.1 Å². The van der Waals surface area contributed by atoms with E-state index >= 15 is 0 Å². The summed E-state index contributed by atoms with van der Waals surface area (Å²) in [4.78, 5) is 24.9. The smallest absolute Gasteiger partial charge is 0.338 e. The largest absolute Gasteiger partial charge is 0.455 e. The number of hydrogen-bond donors (Lipinski definition) is 0. The Hall–Kier alpha value is -2.62. The number of carbonyl (C=O) groups is 2. The van der Waals surface area contributed by atoms with Crippen LogP contribution in [0.3, 0.4) is 0 Å². The molecule has 2 aromatic carbocycles. The zero-order valence-electron chi connectivity index (χ0n) is 19.0. The molecule has 0 saturated heterocycles. The minimum atomic E-state index is -0.560. The van der Waals surface area contributed by atoms with E-state index in [1.54, 1.807) is 38.1 Å². The topological polar surface area (TPSA) is 52.6 Å². The Bertz CT molecular complexity index is 752. The van der Waals surface area contributed by atoms with E-state index in [9.17, 15) is 9.59 Å². The van der Waals surface area contributed by atoms with Gasteiger partial charge in [0.15, 0.2) is 0 Å². The highest BCUT2D eigenvalue weighted by molar-refractivity contribution is 5.90. The van der Waals surface area contributed by atoms with Crippen LogP contribution in [0.5, 0.6) is 0 Å². The fraction of sp³-hybridized carbons (Fsp3) is 0.462. The molecule has 0 aliphatic carbocycles. The van der Waals surface area contributed by atoms with Gasteiger partial charge >= 0.3 is 11.9 Å². The molecule has 4 atom stereocenters. The molecular formula is C26H34O4. The SMILES string of the molecule is CCC(C)c1ccc(C(=O)OC(C)C(C)OC(=O)c2ccc(C(C)CC)cc2)cc1. The van der Waals surface area contributed by atoms with E-state index in [2.05, 4.69) is 27.7 Å². The average Bonchev–Trinajstić information content (AvgIpc) is 2.77. The van der Waals surface area contributed by atoms with Crippen LogP contribution in [-0.4, -0.2) is 24.1 Å². The van der Waals surface area contributed by atoms with Crippen molar-refractivity contribution in [3.63, 3.8) is 0 Å². The van der Waals surface area contributed by atoms with E-state index in [1.807, 2.05) is 24.3 Å². The van der Waals surface area contributed by atoms with Gasteiger partial charge in [-0.1, -0.05) is 52.0 Å². The molecule has 0 aliphatic heterocycles. The van der Waals surface area contributed by atoms with Crippen LogP contribution < -0.4 is 0 Å². The van der Waals surface area contributed by atoms with Gasteiger partial charge in [-0.15, -0.1) is 0 Å². The van der Waals surface area contributed by atoms with Crippen molar-refractivity contribution < 1.29 is 19.1 Å². The Morgan fingerprint density at radius 3 is 1.20 bits per heavy atom. The lowest BCUT2D eigenvalue weighted by Gasteiger charge is -2.21. The maximum Gasteiger partial charge on any atom is 0.338 e. The van der Waals surface area contributed by atoms with Crippen molar-refractivity contribution in [3.05, 3.63) is 70.8 Å². The van der Waals surface area contributed by atoms with Crippen molar-refractivity contribution in [3.8, 4) is 0 Å². The zero-order valence-corrected chi connectivity index (χ0v) is 19.0. The van der Waals surface area contributed by atoms with Crippen molar-refractivity contribution in [2.45, 2.75) is 78.4 Å². The summed E-state index contributed by atoms with van der Waals surface area (Å²) in [6.45, 7) is 12.0. The summed E-state index contributed by atoms with van der Waals surface area (Å²) in [5.41, 5.74) is 3.38. The second kappa shape index (κ2) is 11.0. The Balaban J connectivity index is 1.92. The molecule has 4 nitrogen and oxygen atoms in total. The van der Waals surface area contributed by atoms with Gasteiger partial charge in [0.1, 0.15) is 12.2 Å². The number of carbonyl (C=O) groups excluding carboxylic acids is 2. The summed E-state index contributed by atoms with van der Waals surface area (Å²) in [7, 11) is 0. The lowest BCUT2D eigenvalue weighted by Crippen LogP contribution is -2.30. The minimum absolute atomic E-state index is 0.418. The van der Waals surface area contributed by atoms with Gasteiger partial charge in [-0.05, 0) is 73.9 Å². The molecule has 4 unspecified atom stereocenters. The molecule has 0 radical (unpaired) electrons. The highest BCUT2D eigenvalue weighted by Crippen LogP contribution is 2.21. The van der Waals surface area contributed by atoms with Gasteiger partial charge in [-0.2, -0.15) is 0 Å². The van der Waals surface area contributed by atoms with Crippen molar-refractivity contribution >= 4 is 11.9 Å². The van der Waals surface area contributed by atoms with E-state index < -0.39 is 24.1 Å². The van der Waals surface area contributed by atoms with Crippen LogP contribution in [0.2, 0.25) is 0 Å². The average molecular weight is 411 g/mol. The Morgan fingerprint density at radius 1 is 0.633 bits per heavy atom. The third kappa shape index (κ3) is 6.19. The molecule has 2 rings (SSSR count). The predicted molar refractivity (Wildman–Crippen MR) is 120 cm³/mol. The molecule has 30 heavy (non-hydrogen) atoms. The summed E-state index contributed by atoms with van der Waals surface area (Å²) in [6.07, 6.45) is 0.971. The summed E-state index contributed by atoms with van der Waals surface area (Å²) >= 11 is 0. The van der Waals surface area contributed by atoms with Crippen LogP contribution in [0, 0.1) is 0 Å². The first-order valence-corrected chi connectivity index (χ1v) is 10.9. The summed E-state index contributed by atoms with van der Waals surface area (Å²) < 4.78 is 11.0. The molecule has 162 valence electrons. The van der Waals surface area contributed by atoms with Crippen molar-refractivity contribution in [2.75, 3.05) is 0 Å². The molecule has 2 aromatic rings. The maximum absolute atomic E-state index is 12.4. The van der Waals surface area contributed by atoms with Crippen LogP contribution in [-0.2, 0) is 9.47 Å². The Kier molecular flexibility index (Phi) is 8.64. The molecule has 0 heterocycles. The Labute approximate surface area is 180 Å². The number of hydrogen-bond acceptors (Lipinski definition) is 4. The van der Waals surface area contributed by atoms with Gasteiger partial charge < -0.3 is 9.47 Å². The lowest BCUT2D eigenvalue weighted by molar-refractivity contribution is -0.0239. The van der Waals surface area contributed by atoms with Gasteiger partial charge in [0.05, 0.1) is 11.1 Å². The zero-order chi connectivity index (χ0) is 22.3. The molecule has 0 spiro atoms. The fourth-order valence-electron chi connectivity index (χ4n) is 3.03. The third-order valence-corrected chi connectivity index (χ3v) is 5.90. The van der Waals surface area contributed by atoms with Crippen LogP contribution in [0.1, 0.15) is 98.1 Å². The maximum atomic E-state index is 12.4. The summed E-state index contributed by atoms with van der Waals surface area (Å²) in [5.74, 6) is 0.0679. The van der Waals surface area contributed by atoms with Gasteiger partial charge in [0.2, 0.25) is 0 Å². The summed E-state index contributed by atoms with van der Waals surface area (Å²) in [5, 5.41) is 0. The molecule has 0 aliphatic rings. The van der Waals surface area contributed by atoms with E-state index in [0.717, 1.165) is 12.8 Å². The molecule has 4 heteroatoms. The van der Waals surface area contributed by atoms with Crippen LogP contribution in [0.15, 0.2) is 48.5 Å². The highest BCUT2D eigenvalue weighted by atomic mass is 16.6. The first-order chi connectivity index (χ1) is 14.3. The summed E-state index contributed by atoms with van der Waals surface area (Å²) in [6, 6.07) is 15.0. The molecular weight excluding hydrogens is 376 g/mol. The minimum Gasteiger partial charge on any atom is -0.455 e. The van der Waals surface area contributed by atoms with E-state index in [4.69, 9.17) is 9.47 Å². The number of esters is 2. The molecule has 0 amide bonds. The Morgan fingerprint density at radius 2 is 0.933 bits per heavy atom. The second-order valence-corrected chi connectivity index (χ2v) is 8.08. The van der Waals surface area contributed by atoms with Crippen molar-refractivity contribution in [1.82, 2.24) is 0 Å². The monoisotopic (exact) mass is 410 g/mol. The van der Waals surface area contributed by atoms with Gasteiger partial charge in [-0.3, -0.25) is 0 Å². The standard InChI is InChI=1S/C26H34O4/c1-7-17(3)21-9-13-23(14-10-21)25(27)29-19(5)20(6)30-26(28)24-15-11-22(12-16-24)18(4)8-2/h9-20H,7-8H2,1-6H3. The van der Waals surface area contributed by atoms with Crippen molar-refractivity contribution in [2.24, 2.45) is 0 Å². The van der Waals surface area contributed by atoms with Crippen molar-refractivity contribution in [1.29, 1.82) is 0 Å². The van der Waals surface area contributed by atoms with Crippen LogP contribution in [0.25, 0.3) is 0 Å². The van der Waals surface area contributed by atoms with Gasteiger partial charge in [0, 0.05) is 0 Å². The van der Waals surface area contributed by atoms with Gasteiger partial charge in [0.25, 0.3) is 0 Å². The van der Waals surface area contributed by atoms with E-state index in [0.29, 0.717) is 23.0 Å². The molecule has 0 N–H and O–H groups in total. The normalized spacial score (nSPS) is 15.0. The van der Waals surface area contributed by atoms with E-state index in [-0.39, 0.29) is 0 Å². The fourth-order valence-corrected chi connectivity index (χ4v) is 3.03.